The van der Waals surface area contributed by atoms with Gasteiger partial charge in [0.2, 0.25) is 0 Å². The zero-order valence-electron chi connectivity index (χ0n) is 8.07. The molecular formula is C8H12F2N4O. The third-order valence-corrected chi connectivity index (χ3v) is 2.50. The molecule has 0 spiro atoms. The van der Waals surface area contributed by atoms with E-state index < -0.39 is 18.7 Å². The maximum absolute atomic E-state index is 12.1. The topological polar surface area (TPSA) is 51.9 Å². The van der Waals surface area contributed by atoms with E-state index in [4.69, 9.17) is 0 Å². The Balaban J connectivity index is 2.19. The number of hydrogen-bond donors (Lipinski definition) is 1. The molecule has 84 valence electrons. The van der Waals surface area contributed by atoms with E-state index in [2.05, 4.69) is 10.4 Å². The van der Waals surface area contributed by atoms with E-state index in [-0.39, 0.29) is 6.04 Å². The molecular weight excluding hydrogens is 206 g/mol. The fourth-order valence-corrected chi connectivity index (χ4v) is 1.73. The molecule has 1 aliphatic rings. The van der Waals surface area contributed by atoms with Crippen molar-refractivity contribution in [3.8, 4) is 0 Å². The van der Waals surface area contributed by atoms with E-state index >= 15 is 0 Å². The number of rotatable bonds is 3. The van der Waals surface area contributed by atoms with Gasteiger partial charge >= 0.3 is 5.69 Å². The highest BCUT2D eigenvalue weighted by Gasteiger charge is 2.20. The Morgan fingerprint density at radius 1 is 1.67 bits per heavy atom. The Hall–Kier alpha value is -1.24. The Labute approximate surface area is 84.7 Å². The van der Waals surface area contributed by atoms with Crippen molar-refractivity contribution in [2.45, 2.75) is 25.4 Å². The van der Waals surface area contributed by atoms with Crippen LogP contribution < -0.4 is 11.0 Å². The van der Waals surface area contributed by atoms with E-state index in [1.54, 1.807) is 0 Å². The van der Waals surface area contributed by atoms with Gasteiger partial charge in [-0.25, -0.2) is 18.3 Å². The largest absolute Gasteiger partial charge is 0.346 e. The first-order valence-corrected chi connectivity index (χ1v) is 4.81. The molecule has 1 aromatic rings. The van der Waals surface area contributed by atoms with Crippen LogP contribution in [0.1, 0.15) is 12.5 Å². The first kappa shape index (κ1) is 10.3. The molecule has 7 heteroatoms. The summed E-state index contributed by atoms with van der Waals surface area (Å²) in [7, 11) is 0. The molecule has 0 bridgehead atoms. The molecule has 1 saturated heterocycles. The number of hydrogen-bond acceptors (Lipinski definition) is 3. The van der Waals surface area contributed by atoms with E-state index in [1.807, 2.05) is 0 Å². The first-order valence-electron chi connectivity index (χ1n) is 4.81. The van der Waals surface area contributed by atoms with Crippen LogP contribution in [-0.2, 0) is 6.54 Å². The Bertz CT molecular complexity index is 380. The number of aromatic nitrogens is 3. The van der Waals surface area contributed by atoms with Gasteiger partial charge in [-0.05, 0) is 13.0 Å². The van der Waals surface area contributed by atoms with Gasteiger partial charge in [0.1, 0.15) is 12.9 Å². The molecule has 0 aromatic carbocycles. The Morgan fingerprint density at radius 2 is 2.47 bits per heavy atom. The van der Waals surface area contributed by atoms with Crippen molar-refractivity contribution in [3.63, 3.8) is 0 Å². The van der Waals surface area contributed by atoms with Gasteiger partial charge in [0.25, 0.3) is 6.43 Å². The molecule has 1 fully saturated rings. The second kappa shape index (κ2) is 4.09. The second-order valence-electron chi connectivity index (χ2n) is 3.54. The molecule has 0 amide bonds. The lowest BCUT2D eigenvalue weighted by Gasteiger charge is -2.06. The molecule has 2 rings (SSSR count). The third-order valence-electron chi connectivity index (χ3n) is 2.50. The maximum Gasteiger partial charge on any atom is 0.346 e. The number of halogens is 2. The molecule has 1 atom stereocenters. The second-order valence-corrected chi connectivity index (χ2v) is 3.54. The number of alkyl halides is 2. The van der Waals surface area contributed by atoms with Gasteiger partial charge in [0.15, 0.2) is 0 Å². The fourth-order valence-electron chi connectivity index (χ4n) is 1.73. The molecule has 15 heavy (non-hydrogen) atoms. The lowest BCUT2D eigenvalue weighted by Crippen LogP contribution is -2.30. The third kappa shape index (κ3) is 2.06. The standard InChI is InChI=1S/C8H12F2N4O/c9-7(10)4-14-8(15)13(5-12-14)6-1-2-11-3-6/h5-7,11H,1-4H2. The van der Waals surface area contributed by atoms with Crippen molar-refractivity contribution < 1.29 is 8.78 Å². The summed E-state index contributed by atoms with van der Waals surface area (Å²) in [5.41, 5.74) is -0.455. The van der Waals surface area contributed by atoms with Crippen molar-refractivity contribution in [1.82, 2.24) is 19.7 Å². The average molecular weight is 218 g/mol. The van der Waals surface area contributed by atoms with Gasteiger partial charge in [-0.1, -0.05) is 0 Å². The summed E-state index contributed by atoms with van der Waals surface area (Å²) in [5.74, 6) is 0. The van der Waals surface area contributed by atoms with Gasteiger partial charge in [0, 0.05) is 6.54 Å². The predicted octanol–water partition coefficient (Wildman–Crippen LogP) is -0.156. The number of nitrogens with one attached hydrogen (secondary N) is 1. The summed E-state index contributed by atoms with van der Waals surface area (Å²) >= 11 is 0. The lowest BCUT2D eigenvalue weighted by molar-refractivity contribution is 0.120. The van der Waals surface area contributed by atoms with Gasteiger partial charge in [-0.15, -0.1) is 0 Å². The smallest absolute Gasteiger partial charge is 0.315 e. The van der Waals surface area contributed by atoms with Crippen molar-refractivity contribution in [1.29, 1.82) is 0 Å². The van der Waals surface area contributed by atoms with Gasteiger partial charge in [-0.2, -0.15) is 5.10 Å². The van der Waals surface area contributed by atoms with Crippen LogP contribution in [0.15, 0.2) is 11.1 Å². The highest BCUT2D eigenvalue weighted by molar-refractivity contribution is 4.82. The van der Waals surface area contributed by atoms with Crippen LogP contribution >= 0.6 is 0 Å². The van der Waals surface area contributed by atoms with Crippen LogP contribution in [-0.4, -0.2) is 33.9 Å². The highest BCUT2D eigenvalue weighted by atomic mass is 19.3. The van der Waals surface area contributed by atoms with E-state index in [0.717, 1.165) is 17.6 Å². The Morgan fingerprint density at radius 3 is 3.07 bits per heavy atom. The van der Waals surface area contributed by atoms with Gasteiger partial charge in [-0.3, -0.25) is 4.57 Å². The van der Waals surface area contributed by atoms with Crippen molar-refractivity contribution >= 4 is 0 Å². The summed E-state index contributed by atoms with van der Waals surface area (Å²) < 4.78 is 26.4. The molecule has 1 aliphatic heterocycles. The quantitative estimate of drug-likeness (QED) is 0.767. The summed E-state index contributed by atoms with van der Waals surface area (Å²) in [6, 6.07) is 0.0453. The van der Waals surface area contributed by atoms with Crippen molar-refractivity contribution in [2.24, 2.45) is 0 Å². The fraction of sp³-hybridized carbons (Fsp3) is 0.750. The van der Waals surface area contributed by atoms with Crippen LogP contribution in [0.2, 0.25) is 0 Å². The summed E-state index contributed by atoms with van der Waals surface area (Å²) in [5, 5.41) is 6.76. The van der Waals surface area contributed by atoms with Crippen molar-refractivity contribution in [3.05, 3.63) is 16.8 Å². The van der Waals surface area contributed by atoms with Crippen LogP contribution in [0.5, 0.6) is 0 Å². The van der Waals surface area contributed by atoms with Crippen LogP contribution in [0, 0.1) is 0 Å². The molecule has 1 unspecified atom stereocenters. The Kier molecular flexibility index (Phi) is 2.81. The molecule has 2 heterocycles. The summed E-state index contributed by atoms with van der Waals surface area (Å²) in [6.07, 6.45) is -0.379. The predicted molar refractivity (Wildman–Crippen MR) is 49.0 cm³/mol. The van der Waals surface area contributed by atoms with Crippen LogP contribution in [0.3, 0.4) is 0 Å². The highest BCUT2D eigenvalue weighted by Crippen LogP contribution is 2.11. The normalized spacial score (nSPS) is 21.4. The number of nitrogens with zero attached hydrogens (tertiary/aromatic N) is 3. The molecule has 1 aromatic heterocycles. The average Bonchev–Trinajstić information content (AvgIpc) is 2.76. The van der Waals surface area contributed by atoms with E-state index in [9.17, 15) is 13.6 Å². The zero-order chi connectivity index (χ0) is 10.8. The summed E-state index contributed by atoms with van der Waals surface area (Å²) in [4.78, 5) is 11.6. The van der Waals surface area contributed by atoms with E-state index in [0.29, 0.717) is 6.54 Å². The summed E-state index contributed by atoms with van der Waals surface area (Å²) in [6.45, 7) is 0.906. The van der Waals surface area contributed by atoms with E-state index in [1.165, 1.54) is 10.9 Å². The van der Waals surface area contributed by atoms with Gasteiger partial charge < -0.3 is 5.32 Å². The lowest BCUT2D eigenvalue weighted by atomic mass is 10.3. The molecule has 0 radical (unpaired) electrons. The van der Waals surface area contributed by atoms with Crippen molar-refractivity contribution in [2.75, 3.05) is 13.1 Å². The monoisotopic (exact) mass is 218 g/mol. The SMILES string of the molecule is O=c1n(C2CCNC2)cnn1CC(F)F. The minimum atomic E-state index is -2.55. The zero-order valence-corrected chi connectivity index (χ0v) is 8.07. The molecule has 0 aliphatic carbocycles. The molecule has 1 N–H and O–H groups in total. The molecule has 5 nitrogen and oxygen atoms in total. The van der Waals surface area contributed by atoms with Crippen LogP contribution in [0.25, 0.3) is 0 Å². The maximum atomic E-state index is 12.1. The first-order chi connectivity index (χ1) is 7.18. The minimum Gasteiger partial charge on any atom is -0.315 e. The molecule has 0 saturated carbocycles. The van der Waals surface area contributed by atoms with Crippen LogP contribution in [0.4, 0.5) is 8.78 Å². The minimum absolute atomic E-state index is 0.0453. The van der Waals surface area contributed by atoms with Gasteiger partial charge in [0.05, 0.1) is 6.04 Å².